The van der Waals surface area contributed by atoms with Crippen molar-refractivity contribution < 1.29 is 19.1 Å². The first kappa shape index (κ1) is 31.2. The van der Waals surface area contributed by atoms with Gasteiger partial charge in [0.05, 0.1) is 0 Å². The van der Waals surface area contributed by atoms with Crippen LogP contribution >= 0.6 is 0 Å². The molecule has 1 aromatic rings. The van der Waals surface area contributed by atoms with Gasteiger partial charge in [0.1, 0.15) is 0 Å². The summed E-state index contributed by atoms with van der Waals surface area (Å²) < 4.78 is 11.3. The molecule has 0 bridgehead atoms. The van der Waals surface area contributed by atoms with Crippen LogP contribution < -0.4 is 9.47 Å². The fraction of sp³-hybridized carbons (Fsp3) is 0.742. The predicted molar refractivity (Wildman–Crippen MR) is 146 cm³/mol. The Hall–Kier alpha value is -1.84. The standard InChI is InChI=1S/C31H52O4/c1-4-7-10-12-14-16-19-22-30(32)34-28-25-24-27(21-18-9-6-3)26-29(28)35-31(33)23-20-17-15-13-11-8-5-2/h24-26H,4-23H2,1-3H3. The molecule has 0 spiro atoms. The summed E-state index contributed by atoms with van der Waals surface area (Å²) in [6.07, 6.45) is 21.4. The van der Waals surface area contributed by atoms with Gasteiger partial charge in [-0.05, 0) is 43.4 Å². The molecule has 0 aliphatic heterocycles. The molecule has 0 saturated carbocycles. The van der Waals surface area contributed by atoms with Crippen LogP contribution in [0.1, 0.15) is 148 Å². The molecule has 0 amide bonds. The molecule has 35 heavy (non-hydrogen) atoms. The lowest BCUT2D eigenvalue weighted by atomic mass is 10.1. The number of rotatable bonds is 22. The van der Waals surface area contributed by atoms with Crippen molar-refractivity contribution in [3.63, 3.8) is 0 Å². The maximum Gasteiger partial charge on any atom is 0.311 e. The third-order valence-corrected chi connectivity index (χ3v) is 6.49. The zero-order valence-corrected chi connectivity index (χ0v) is 23.0. The molecular formula is C31H52O4. The number of benzene rings is 1. The van der Waals surface area contributed by atoms with Crippen LogP contribution in [0.2, 0.25) is 0 Å². The zero-order valence-electron chi connectivity index (χ0n) is 23.0. The van der Waals surface area contributed by atoms with E-state index >= 15 is 0 Å². The van der Waals surface area contributed by atoms with E-state index in [0.29, 0.717) is 24.3 Å². The van der Waals surface area contributed by atoms with Gasteiger partial charge in [-0.2, -0.15) is 0 Å². The van der Waals surface area contributed by atoms with Crippen LogP contribution in [0, 0.1) is 0 Å². The van der Waals surface area contributed by atoms with Gasteiger partial charge < -0.3 is 9.47 Å². The molecule has 0 atom stereocenters. The maximum atomic E-state index is 12.5. The van der Waals surface area contributed by atoms with Crippen LogP contribution in [0.5, 0.6) is 11.5 Å². The number of unbranched alkanes of at least 4 members (excludes halogenated alkanes) is 14. The van der Waals surface area contributed by atoms with E-state index in [1.54, 1.807) is 6.07 Å². The zero-order chi connectivity index (χ0) is 25.6. The Bertz CT molecular complexity index is 683. The third kappa shape index (κ3) is 16.5. The average molecular weight is 489 g/mol. The van der Waals surface area contributed by atoms with Gasteiger partial charge in [-0.3, -0.25) is 9.59 Å². The predicted octanol–water partition coefficient (Wildman–Crippen LogP) is 9.51. The molecule has 4 nitrogen and oxygen atoms in total. The van der Waals surface area contributed by atoms with Crippen molar-refractivity contribution in [2.75, 3.05) is 0 Å². The molecule has 0 aliphatic carbocycles. The highest BCUT2D eigenvalue weighted by Gasteiger charge is 2.15. The van der Waals surface area contributed by atoms with Gasteiger partial charge in [-0.25, -0.2) is 0 Å². The number of esters is 2. The summed E-state index contributed by atoms with van der Waals surface area (Å²) >= 11 is 0. The Labute approximate surface area is 215 Å². The minimum Gasteiger partial charge on any atom is -0.423 e. The molecule has 0 heterocycles. The maximum absolute atomic E-state index is 12.5. The molecule has 0 unspecified atom stereocenters. The van der Waals surface area contributed by atoms with E-state index in [1.165, 1.54) is 70.6 Å². The van der Waals surface area contributed by atoms with Gasteiger partial charge in [-0.15, -0.1) is 0 Å². The van der Waals surface area contributed by atoms with Crippen LogP contribution in [-0.4, -0.2) is 11.9 Å². The minimum atomic E-state index is -0.248. The summed E-state index contributed by atoms with van der Waals surface area (Å²) in [5.41, 5.74) is 1.11. The largest absolute Gasteiger partial charge is 0.423 e. The molecule has 0 radical (unpaired) electrons. The number of aryl methyl sites for hydroxylation is 1. The smallest absolute Gasteiger partial charge is 0.311 e. The first-order chi connectivity index (χ1) is 17.1. The van der Waals surface area contributed by atoms with Crippen LogP contribution in [0.25, 0.3) is 0 Å². The van der Waals surface area contributed by atoms with E-state index in [4.69, 9.17) is 9.47 Å². The SMILES string of the molecule is CCCCCCCCCC(=O)Oc1ccc(CCCCC)cc1OC(=O)CCCCCCCCC. The van der Waals surface area contributed by atoms with Gasteiger partial charge in [0, 0.05) is 12.8 Å². The van der Waals surface area contributed by atoms with E-state index in [-0.39, 0.29) is 11.9 Å². The highest BCUT2D eigenvalue weighted by atomic mass is 16.6. The van der Waals surface area contributed by atoms with E-state index in [9.17, 15) is 9.59 Å². The summed E-state index contributed by atoms with van der Waals surface area (Å²) in [4.78, 5) is 25.0. The van der Waals surface area contributed by atoms with Crippen molar-refractivity contribution in [3.8, 4) is 11.5 Å². The summed E-state index contributed by atoms with van der Waals surface area (Å²) in [6, 6.07) is 5.66. The number of hydrogen-bond donors (Lipinski definition) is 0. The first-order valence-corrected chi connectivity index (χ1v) is 14.6. The van der Waals surface area contributed by atoms with E-state index in [0.717, 1.165) is 50.5 Å². The number of carbonyl (C=O) groups excluding carboxylic acids is 2. The minimum absolute atomic E-state index is 0.242. The molecule has 0 saturated heterocycles. The Morgan fingerprint density at radius 2 is 0.971 bits per heavy atom. The Balaban J connectivity index is 2.56. The Morgan fingerprint density at radius 1 is 0.543 bits per heavy atom. The quantitative estimate of drug-likeness (QED) is 0.0926. The lowest BCUT2D eigenvalue weighted by Crippen LogP contribution is -2.12. The van der Waals surface area contributed by atoms with Gasteiger partial charge in [0.15, 0.2) is 11.5 Å². The molecule has 200 valence electrons. The Kier molecular flexibility index (Phi) is 19.1. The van der Waals surface area contributed by atoms with Crippen molar-refractivity contribution in [1.82, 2.24) is 0 Å². The lowest BCUT2D eigenvalue weighted by molar-refractivity contribution is -0.137. The number of ether oxygens (including phenoxy) is 2. The average Bonchev–Trinajstić information content (AvgIpc) is 2.84. The van der Waals surface area contributed by atoms with Crippen LogP contribution in [0.4, 0.5) is 0 Å². The summed E-state index contributed by atoms with van der Waals surface area (Å²) in [7, 11) is 0. The normalized spacial score (nSPS) is 10.9. The van der Waals surface area contributed by atoms with Crippen LogP contribution in [0.3, 0.4) is 0 Å². The number of hydrogen-bond acceptors (Lipinski definition) is 4. The molecule has 4 heteroatoms. The lowest BCUT2D eigenvalue weighted by Gasteiger charge is -2.13. The summed E-state index contributed by atoms with van der Waals surface area (Å²) in [5, 5.41) is 0. The molecule has 0 fully saturated rings. The molecule has 0 N–H and O–H groups in total. The molecule has 0 aromatic heterocycles. The van der Waals surface area contributed by atoms with Crippen LogP contribution in [0.15, 0.2) is 18.2 Å². The second-order valence-corrected chi connectivity index (χ2v) is 9.93. The topological polar surface area (TPSA) is 52.6 Å². The van der Waals surface area contributed by atoms with Crippen molar-refractivity contribution in [2.45, 2.75) is 149 Å². The van der Waals surface area contributed by atoms with Crippen LogP contribution in [-0.2, 0) is 16.0 Å². The van der Waals surface area contributed by atoms with Crippen molar-refractivity contribution in [2.24, 2.45) is 0 Å². The Morgan fingerprint density at radius 3 is 1.49 bits per heavy atom. The van der Waals surface area contributed by atoms with Crippen molar-refractivity contribution >= 4 is 11.9 Å². The van der Waals surface area contributed by atoms with E-state index in [2.05, 4.69) is 20.8 Å². The highest BCUT2D eigenvalue weighted by molar-refractivity contribution is 5.76. The summed E-state index contributed by atoms with van der Waals surface area (Å²) in [5.74, 6) is 0.264. The van der Waals surface area contributed by atoms with Crippen molar-refractivity contribution in [3.05, 3.63) is 23.8 Å². The first-order valence-electron chi connectivity index (χ1n) is 14.6. The molecular weight excluding hydrogens is 436 g/mol. The van der Waals surface area contributed by atoms with Gasteiger partial charge in [-0.1, -0.05) is 117 Å². The second-order valence-electron chi connectivity index (χ2n) is 9.93. The van der Waals surface area contributed by atoms with E-state index in [1.807, 2.05) is 12.1 Å². The van der Waals surface area contributed by atoms with Gasteiger partial charge in [0.2, 0.25) is 0 Å². The highest BCUT2D eigenvalue weighted by Crippen LogP contribution is 2.30. The second kappa shape index (κ2) is 21.4. The fourth-order valence-electron chi connectivity index (χ4n) is 4.25. The van der Waals surface area contributed by atoms with Gasteiger partial charge in [0.25, 0.3) is 0 Å². The molecule has 0 aliphatic rings. The molecule has 1 aromatic carbocycles. The van der Waals surface area contributed by atoms with Crippen molar-refractivity contribution in [1.29, 1.82) is 0 Å². The van der Waals surface area contributed by atoms with Gasteiger partial charge >= 0.3 is 11.9 Å². The number of carbonyl (C=O) groups is 2. The monoisotopic (exact) mass is 488 g/mol. The fourth-order valence-corrected chi connectivity index (χ4v) is 4.25. The summed E-state index contributed by atoms with van der Waals surface area (Å²) in [6.45, 7) is 6.62. The third-order valence-electron chi connectivity index (χ3n) is 6.49. The van der Waals surface area contributed by atoms with E-state index < -0.39 is 0 Å². The molecule has 1 rings (SSSR count).